The Morgan fingerprint density at radius 2 is 1.77 bits per heavy atom. The van der Waals surface area contributed by atoms with Gasteiger partial charge in [-0.25, -0.2) is 4.98 Å². The number of aromatic nitrogens is 2. The van der Waals surface area contributed by atoms with Crippen LogP contribution in [0, 0.1) is 12.8 Å². The fraction of sp³-hybridized carbons (Fsp3) is 0.292. The largest absolute Gasteiger partial charge is 0.484 e. The van der Waals surface area contributed by atoms with Crippen LogP contribution in [0.25, 0.3) is 0 Å². The number of carbonyl (C=O) groups excluding carboxylic acids is 2. The number of imidazole rings is 1. The predicted molar refractivity (Wildman–Crippen MR) is 120 cm³/mol. The Bertz CT molecular complexity index is 997. The third-order valence-electron chi connectivity index (χ3n) is 4.88. The highest BCUT2D eigenvalue weighted by Crippen LogP contribution is 2.14. The van der Waals surface area contributed by atoms with Crippen LogP contribution in [0.4, 0.5) is 5.69 Å². The lowest BCUT2D eigenvalue weighted by Gasteiger charge is -2.22. The molecule has 3 aromatic rings. The Morgan fingerprint density at radius 1 is 1.06 bits per heavy atom. The van der Waals surface area contributed by atoms with Gasteiger partial charge in [0.05, 0.1) is 0 Å². The Kier molecular flexibility index (Phi) is 7.43. The molecular formula is C24H28N4O3. The molecule has 1 unspecified atom stereocenters. The molecule has 0 aliphatic rings. The molecule has 7 heteroatoms. The maximum Gasteiger partial charge on any atom is 0.258 e. The molecule has 0 radical (unpaired) electrons. The molecule has 1 aromatic heterocycles. The molecule has 0 spiro atoms. The monoisotopic (exact) mass is 420 g/mol. The summed E-state index contributed by atoms with van der Waals surface area (Å²) in [5, 5.41) is 5.65. The molecule has 2 N–H and O–H groups in total. The zero-order valence-corrected chi connectivity index (χ0v) is 18.0. The molecule has 31 heavy (non-hydrogen) atoms. The summed E-state index contributed by atoms with van der Waals surface area (Å²) in [6, 6.07) is 16.1. The first kappa shape index (κ1) is 22.1. The Labute approximate surface area is 182 Å². The SMILES string of the molecule is Cc1nccn1Cc1ccc(NC(=O)C(NC(=O)COc2ccccc2)C(C)C)cc1. The number of anilines is 1. The zero-order valence-electron chi connectivity index (χ0n) is 18.0. The van der Waals surface area contributed by atoms with E-state index >= 15 is 0 Å². The average molecular weight is 421 g/mol. The van der Waals surface area contributed by atoms with Crippen molar-refractivity contribution in [3.8, 4) is 5.75 Å². The zero-order chi connectivity index (χ0) is 22.2. The van der Waals surface area contributed by atoms with Gasteiger partial charge in [-0.05, 0) is 42.7 Å². The Balaban J connectivity index is 1.54. The molecule has 1 heterocycles. The highest BCUT2D eigenvalue weighted by Gasteiger charge is 2.24. The van der Waals surface area contributed by atoms with Gasteiger partial charge >= 0.3 is 0 Å². The van der Waals surface area contributed by atoms with Crippen molar-refractivity contribution in [2.24, 2.45) is 5.92 Å². The second kappa shape index (κ2) is 10.4. The van der Waals surface area contributed by atoms with Gasteiger partial charge in [0.15, 0.2) is 6.61 Å². The van der Waals surface area contributed by atoms with Crippen LogP contribution in [0.2, 0.25) is 0 Å². The first-order valence-corrected chi connectivity index (χ1v) is 10.3. The molecular weight excluding hydrogens is 392 g/mol. The number of ether oxygens (including phenoxy) is 1. The van der Waals surface area contributed by atoms with E-state index < -0.39 is 6.04 Å². The lowest BCUT2D eigenvalue weighted by molar-refractivity contribution is -0.128. The number of rotatable bonds is 9. The van der Waals surface area contributed by atoms with Crippen molar-refractivity contribution in [1.82, 2.24) is 14.9 Å². The number of hydrogen-bond acceptors (Lipinski definition) is 4. The first-order valence-electron chi connectivity index (χ1n) is 10.3. The molecule has 0 aliphatic carbocycles. The van der Waals surface area contributed by atoms with Crippen molar-refractivity contribution in [2.45, 2.75) is 33.4 Å². The van der Waals surface area contributed by atoms with E-state index in [1.807, 2.05) is 69.4 Å². The maximum atomic E-state index is 12.8. The quantitative estimate of drug-likeness (QED) is 0.556. The summed E-state index contributed by atoms with van der Waals surface area (Å²) in [6.07, 6.45) is 3.71. The predicted octanol–water partition coefficient (Wildman–Crippen LogP) is 3.40. The minimum atomic E-state index is -0.667. The van der Waals surface area contributed by atoms with Crippen LogP contribution in [0.3, 0.4) is 0 Å². The van der Waals surface area contributed by atoms with Crippen LogP contribution < -0.4 is 15.4 Å². The van der Waals surface area contributed by atoms with E-state index in [-0.39, 0.29) is 24.3 Å². The van der Waals surface area contributed by atoms with Gasteiger partial charge < -0.3 is 19.9 Å². The molecule has 0 aliphatic heterocycles. The number of nitrogens with one attached hydrogen (secondary N) is 2. The van der Waals surface area contributed by atoms with Crippen LogP contribution in [0.5, 0.6) is 5.75 Å². The summed E-state index contributed by atoms with van der Waals surface area (Å²) in [6.45, 7) is 6.30. The molecule has 0 bridgehead atoms. The number of carbonyl (C=O) groups is 2. The number of aryl methyl sites for hydroxylation is 1. The number of nitrogens with zero attached hydrogens (tertiary/aromatic N) is 2. The molecule has 1 atom stereocenters. The fourth-order valence-electron chi connectivity index (χ4n) is 3.10. The van der Waals surface area contributed by atoms with Crippen molar-refractivity contribution in [1.29, 1.82) is 0 Å². The smallest absolute Gasteiger partial charge is 0.258 e. The summed E-state index contributed by atoms with van der Waals surface area (Å²) >= 11 is 0. The topological polar surface area (TPSA) is 85.3 Å². The van der Waals surface area contributed by atoms with Crippen LogP contribution in [-0.4, -0.2) is 34.0 Å². The molecule has 3 rings (SSSR count). The lowest BCUT2D eigenvalue weighted by Crippen LogP contribution is -2.48. The second-order valence-electron chi connectivity index (χ2n) is 7.68. The van der Waals surface area contributed by atoms with Gasteiger partial charge in [0.25, 0.3) is 5.91 Å². The van der Waals surface area contributed by atoms with Gasteiger partial charge in [-0.2, -0.15) is 0 Å². The minimum Gasteiger partial charge on any atom is -0.484 e. The third-order valence-corrected chi connectivity index (χ3v) is 4.88. The molecule has 2 aromatic carbocycles. The number of benzene rings is 2. The van der Waals surface area contributed by atoms with Crippen LogP contribution in [-0.2, 0) is 16.1 Å². The first-order chi connectivity index (χ1) is 14.9. The van der Waals surface area contributed by atoms with Crippen LogP contribution in [0.15, 0.2) is 67.0 Å². The number of amides is 2. The highest BCUT2D eigenvalue weighted by molar-refractivity contribution is 5.97. The maximum absolute atomic E-state index is 12.8. The van der Waals surface area contributed by atoms with Crippen LogP contribution >= 0.6 is 0 Å². The standard InChI is InChI=1S/C24H28N4O3/c1-17(2)23(27-22(29)16-31-21-7-5-4-6-8-21)24(30)26-20-11-9-19(10-12-20)15-28-14-13-25-18(28)3/h4-14,17,23H,15-16H2,1-3H3,(H,26,30)(H,27,29). The van der Waals surface area contributed by atoms with Gasteiger partial charge in [-0.1, -0.05) is 44.2 Å². The summed E-state index contributed by atoms with van der Waals surface area (Å²) < 4.78 is 7.51. The lowest BCUT2D eigenvalue weighted by atomic mass is 10.0. The molecule has 7 nitrogen and oxygen atoms in total. The van der Waals surface area contributed by atoms with E-state index in [2.05, 4.69) is 20.2 Å². The number of para-hydroxylation sites is 1. The third kappa shape index (κ3) is 6.44. The minimum absolute atomic E-state index is 0.0795. The summed E-state index contributed by atoms with van der Waals surface area (Å²) in [5.41, 5.74) is 1.78. The van der Waals surface area contributed by atoms with Gasteiger partial charge in [0.2, 0.25) is 5.91 Å². The summed E-state index contributed by atoms with van der Waals surface area (Å²) in [4.78, 5) is 29.3. The Hall–Kier alpha value is -3.61. The molecule has 0 fully saturated rings. The van der Waals surface area contributed by atoms with Crippen molar-refractivity contribution in [3.63, 3.8) is 0 Å². The van der Waals surface area contributed by atoms with Gasteiger partial charge in [0, 0.05) is 24.6 Å². The Morgan fingerprint density at radius 3 is 2.39 bits per heavy atom. The van der Waals surface area contributed by atoms with Crippen molar-refractivity contribution >= 4 is 17.5 Å². The van der Waals surface area contributed by atoms with Crippen molar-refractivity contribution in [3.05, 3.63) is 78.4 Å². The van der Waals surface area contributed by atoms with E-state index in [0.717, 1.165) is 11.4 Å². The van der Waals surface area contributed by atoms with E-state index in [9.17, 15) is 9.59 Å². The van der Waals surface area contributed by atoms with E-state index in [4.69, 9.17) is 4.74 Å². The van der Waals surface area contributed by atoms with Gasteiger partial charge in [0.1, 0.15) is 17.6 Å². The fourth-order valence-corrected chi connectivity index (χ4v) is 3.10. The molecule has 0 saturated carbocycles. The normalized spacial score (nSPS) is 11.7. The summed E-state index contributed by atoms with van der Waals surface area (Å²) in [7, 11) is 0. The van der Waals surface area contributed by atoms with E-state index in [1.165, 1.54) is 0 Å². The van der Waals surface area contributed by atoms with E-state index in [0.29, 0.717) is 18.0 Å². The highest BCUT2D eigenvalue weighted by atomic mass is 16.5. The molecule has 162 valence electrons. The summed E-state index contributed by atoms with van der Waals surface area (Å²) in [5.74, 6) is 0.868. The van der Waals surface area contributed by atoms with Gasteiger partial charge in [-0.3, -0.25) is 9.59 Å². The van der Waals surface area contributed by atoms with E-state index in [1.54, 1.807) is 18.3 Å². The van der Waals surface area contributed by atoms with Crippen molar-refractivity contribution in [2.75, 3.05) is 11.9 Å². The average Bonchev–Trinajstić information content (AvgIpc) is 3.16. The second-order valence-corrected chi connectivity index (χ2v) is 7.68. The molecule has 2 amide bonds. The van der Waals surface area contributed by atoms with Crippen LogP contribution in [0.1, 0.15) is 25.2 Å². The van der Waals surface area contributed by atoms with Crippen molar-refractivity contribution < 1.29 is 14.3 Å². The number of hydrogen-bond donors (Lipinski definition) is 2. The van der Waals surface area contributed by atoms with Gasteiger partial charge in [-0.15, -0.1) is 0 Å². The molecule has 0 saturated heterocycles.